The molecule has 8 heteroatoms. The van der Waals surface area contributed by atoms with Crippen molar-refractivity contribution in [2.45, 2.75) is 57.8 Å². The fraction of sp³-hybridized carbons (Fsp3) is 0.409. The molecule has 0 unspecified atom stereocenters. The highest BCUT2D eigenvalue weighted by atomic mass is 19.4. The number of halogens is 3. The summed E-state index contributed by atoms with van der Waals surface area (Å²) in [4.78, 5) is 21.1. The summed E-state index contributed by atoms with van der Waals surface area (Å²) in [5.41, 5.74) is 2.36. The van der Waals surface area contributed by atoms with E-state index in [1.165, 1.54) is 12.5 Å². The number of aromatic nitrogens is 3. The van der Waals surface area contributed by atoms with Gasteiger partial charge < -0.3 is 9.88 Å². The third-order valence-corrected chi connectivity index (χ3v) is 5.60. The Morgan fingerprint density at radius 1 is 1.17 bits per heavy atom. The molecule has 1 fully saturated rings. The molecule has 158 valence electrons. The lowest BCUT2D eigenvalue weighted by Crippen LogP contribution is -2.38. The lowest BCUT2D eigenvalue weighted by Gasteiger charge is -2.22. The fourth-order valence-electron chi connectivity index (χ4n) is 4.05. The first-order valence-corrected chi connectivity index (χ1v) is 10.1. The standard InChI is InChI=1S/C22H23F3N4O/c1-14-9-16(22(23,24)25)7-8-18(14)15-10-19-21(26-11-15)29(13-27-19)12-20(30)28-17-5-3-2-4-6-17/h7-11,13,17H,2-6,12H2,1H3,(H,28,30). The van der Waals surface area contributed by atoms with Crippen molar-refractivity contribution in [2.75, 3.05) is 0 Å². The van der Waals surface area contributed by atoms with Gasteiger partial charge in [-0.25, -0.2) is 9.97 Å². The lowest BCUT2D eigenvalue weighted by molar-refractivity contribution is -0.137. The van der Waals surface area contributed by atoms with Gasteiger partial charge in [-0.1, -0.05) is 25.3 Å². The highest BCUT2D eigenvalue weighted by molar-refractivity contribution is 5.82. The van der Waals surface area contributed by atoms with Gasteiger partial charge in [-0.3, -0.25) is 4.79 Å². The Kier molecular flexibility index (Phi) is 5.49. The summed E-state index contributed by atoms with van der Waals surface area (Å²) in [5.74, 6) is -0.0642. The summed E-state index contributed by atoms with van der Waals surface area (Å²) >= 11 is 0. The van der Waals surface area contributed by atoms with E-state index in [4.69, 9.17) is 0 Å². The maximum atomic E-state index is 12.9. The normalized spacial score (nSPS) is 15.5. The van der Waals surface area contributed by atoms with Gasteiger partial charge in [-0.15, -0.1) is 0 Å². The van der Waals surface area contributed by atoms with Gasteiger partial charge in [0.15, 0.2) is 5.65 Å². The van der Waals surface area contributed by atoms with E-state index in [9.17, 15) is 18.0 Å². The monoisotopic (exact) mass is 416 g/mol. The predicted molar refractivity (Wildman–Crippen MR) is 108 cm³/mol. The van der Waals surface area contributed by atoms with Crippen molar-refractivity contribution >= 4 is 17.1 Å². The highest BCUT2D eigenvalue weighted by Gasteiger charge is 2.30. The van der Waals surface area contributed by atoms with Crippen molar-refractivity contribution in [3.05, 3.63) is 47.9 Å². The predicted octanol–water partition coefficient (Wildman–Crippen LogP) is 4.87. The van der Waals surface area contributed by atoms with Crippen LogP contribution in [-0.4, -0.2) is 26.5 Å². The molecule has 1 aliphatic rings. The molecule has 0 aliphatic heterocycles. The molecular weight excluding hydrogens is 393 g/mol. The maximum Gasteiger partial charge on any atom is 0.416 e. The van der Waals surface area contributed by atoms with Gasteiger partial charge in [0.2, 0.25) is 5.91 Å². The Labute approximate surface area is 172 Å². The van der Waals surface area contributed by atoms with E-state index >= 15 is 0 Å². The van der Waals surface area contributed by atoms with E-state index in [1.807, 2.05) is 0 Å². The smallest absolute Gasteiger partial charge is 0.352 e. The first-order valence-electron chi connectivity index (χ1n) is 10.1. The maximum absolute atomic E-state index is 12.9. The number of fused-ring (bicyclic) bond motifs is 1. The van der Waals surface area contributed by atoms with Crippen molar-refractivity contribution in [1.82, 2.24) is 19.9 Å². The zero-order chi connectivity index (χ0) is 21.3. The number of rotatable bonds is 4. The molecule has 1 aliphatic carbocycles. The van der Waals surface area contributed by atoms with Gasteiger partial charge in [-0.05, 0) is 49.1 Å². The summed E-state index contributed by atoms with van der Waals surface area (Å²) in [6, 6.07) is 5.68. The van der Waals surface area contributed by atoms with Crippen molar-refractivity contribution in [2.24, 2.45) is 0 Å². The molecule has 0 bridgehead atoms. The van der Waals surface area contributed by atoms with Crippen LogP contribution in [0.25, 0.3) is 22.3 Å². The minimum Gasteiger partial charge on any atom is -0.352 e. The van der Waals surface area contributed by atoms with E-state index in [0.717, 1.165) is 37.8 Å². The van der Waals surface area contributed by atoms with Crippen LogP contribution in [0, 0.1) is 6.92 Å². The van der Waals surface area contributed by atoms with Crippen LogP contribution in [0.15, 0.2) is 36.8 Å². The average Bonchev–Trinajstić information content (AvgIpc) is 3.10. The molecule has 2 heterocycles. The van der Waals surface area contributed by atoms with Gasteiger partial charge in [0.1, 0.15) is 12.1 Å². The molecule has 5 nitrogen and oxygen atoms in total. The number of benzene rings is 1. The number of amides is 1. The Balaban J connectivity index is 1.53. The van der Waals surface area contributed by atoms with E-state index in [0.29, 0.717) is 27.9 Å². The molecule has 30 heavy (non-hydrogen) atoms. The topological polar surface area (TPSA) is 59.8 Å². The second kappa shape index (κ2) is 8.08. The van der Waals surface area contributed by atoms with Crippen LogP contribution in [-0.2, 0) is 17.5 Å². The van der Waals surface area contributed by atoms with Crippen molar-refractivity contribution in [3.63, 3.8) is 0 Å². The number of pyridine rings is 1. The molecule has 3 aromatic rings. The second-order valence-corrected chi connectivity index (χ2v) is 7.87. The van der Waals surface area contributed by atoms with Crippen LogP contribution in [0.4, 0.5) is 13.2 Å². The van der Waals surface area contributed by atoms with Crippen LogP contribution in [0.3, 0.4) is 0 Å². The number of imidazole rings is 1. The van der Waals surface area contributed by atoms with Crippen LogP contribution < -0.4 is 5.32 Å². The number of alkyl halides is 3. The third-order valence-electron chi connectivity index (χ3n) is 5.60. The summed E-state index contributed by atoms with van der Waals surface area (Å²) in [6.45, 7) is 1.78. The van der Waals surface area contributed by atoms with E-state index < -0.39 is 11.7 Å². The Bertz CT molecular complexity index is 1070. The van der Waals surface area contributed by atoms with E-state index in [-0.39, 0.29) is 18.5 Å². The molecule has 0 radical (unpaired) electrons. The Morgan fingerprint density at radius 3 is 2.63 bits per heavy atom. The quantitative estimate of drug-likeness (QED) is 0.660. The summed E-state index contributed by atoms with van der Waals surface area (Å²) < 4.78 is 40.4. The number of nitrogens with one attached hydrogen (secondary N) is 1. The summed E-state index contributed by atoms with van der Waals surface area (Å²) in [7, 11) is 0. The zero-order valence-electron chi connectivity index (χ0n) is 16.7. The van der Waals surface area contributed by atoms with Crippen molar-refractivity contribution < 1.29 is 18.0 Å². The highest BCUT2D eigenvalue weighted by Crippen LogP contribution is 2.33. The molecule has 1 amide bonds. The van der Waals surface area contributed by atoms with Gasteiger partial charge in [-0.2, -0.15) is 13.2 Å². The number of hydrogen-bond donors (Lipinski definition) is 1. The Morgan fingerprint density at radius 2 is 1.93 bits per heavy atom. The SMILES string of the molecule is Cc1cc(C(F)(F)F)ccc1-c1cnc2c(c1)ncn2CC(=O)NC1CCCCC1. The van der Waals surface area contributed by atoms with Crippen LogP contribution >= 0.6 is 0 Å². The molecule has 4 rings (SSSR count). The third kappa shape index (κ3) is 4.32. The zero-order valence-corrected chi connectivity index (χ0v) is 16.7. The van der Waals surface area contributed by atoms with Crippen molar-refractivity contribution in [3.8, 4) is 11.1 Å². The number of nitrogens with zero attached hydrogens (tertiary/aromatic N) is 3. The molecule has 2 aromatic heterocycles. The number of carbonyl (C=O) groups is 1. The molecule has 0 saturated heterocycles. The van der Waals surface area contributed by atoms with Crippen molar-refractivity contribution in [1.29, 1.82) is 0 Å². The number of hydrogen-bond acceptors (Lipinski definition) is 3. The first kappa shape index (κ1) is 20.4. The molecule has 1 saturated carbocycles. The van der Waals surface area contributed by atoms with Crippen LogP contribution in [0.1, 0.15) is 43.2 Å². The van der Waals surface area contributed by atoms with Gasteiger partial charge in [0.05, 0.1) is 11.9 Å². The lowest BCUT2D eigenvalue weighted by atomic mass is 9.95. The summed E-state index contributed by atoms with van der Waals surface area (Å²) in [5, 5.41) is 3.08. The number of aryl methyl sites for hydroxylation is 1. The van der Waals surface area contributed by atoms with Crippen LogP contribution in [0.2, 0.25) is 0 Å². The molecule has 1 N–H and O–H groups in total. The van der Waals surface area contributed by atoms with Gasteiger partial charge >= 0.3 is 6.18 Å². The molecule has 0 atom stereocenters. The Hall–Kier alpha value is -2.90. The van der Waals surface area contributed by atoms with Gasteiger partial charge in [0.25, 0.3) is 0 Å². The second-order valence-electron chi connectivity index (χ2n) is 7.87. The van der Waals surface area contributed by atoms with E-state index in [1.54, 1.807) is 30.1 Å². The first-order chi connectivity index (χ1) is 14.3. The minimum absolute atomic E-state index is 0.0642. The molecule has 0 spiro atoms. The largest absolute Gasteiger partial charge is 0.416 e. The molecular formula is C22H23F3N4O. The molecule has 1 aromatic carbocycles. The average molecular weight is 416 g/mol. The van der Waals surface area contributed by atoms with Gasteiger partial charge in [0, 0.05) is 17.8 Å². The van der Waals surface area contributed by atoms with E-state index in [2.05, 4.69) is 15.3 Å². The minimum atomic E-state index is -4.37. The van der Waals surface area contributed by atoms with Crippen LogP contribution in [0.5, 0.6) is 0 Å². The fourth-order valence-corrected chi connectivity index (χ4v) is 4.05. The summed E-state index contributed by atoms with van der Waals surface area (Å²) in [6.07, 6.45) is 4.36. The number of carbonyl (C=O) groups excluding carboxylic acids is 1.